The number of aliphatic hydroxyl groups excluding tert-OH is 4. The lowest BCUT2D eigenvalue weighted by atomic mass is 9.89. The van der Waals surface area contributed by atoms with Gasteiger partial charge in [-0.1, -0.05) is 29.8 Å². The number of carbonyl (C=O) groups excluding carboxylic acids is 1. The van der Waals surface area contributed by atoms with Crippen LogP contribution in [-0.2, 0) is 28.6 Å². The summed E-state index contributed by atoms with van der Waals surface area (Å²) in [5, 5.41) is 47.9. The van der Waals surface area contributed by atoms with Crippen molar-refractivity contribution in [3.05, 3.63) is 42.0 Å². The average Bonchev–Trinajstić information content (AvgIpc) is 3.14. The highest BCUT2D eigenvalue weighted by Crippen LogP contribution is 2.28. The quantitative estimate of drug-likeness (QED) is 0.159. The Balaban J connectivity index is 1.45. The molecule has 0 spiro atoms. The van der Waals surface area contributed by atoms with Crippen LogP contribution in [0.4, 0.5) is 0 Å². The highest BCUT2D eigenvalue weighted by atomic mass is 32.2. The highest BCUT2D eigenvalue weighted by Gasteiger charge is 2.49. The average molecular weight is 557 g/mol. The van der Waals surface area contributed by atoms with Crippen molar-refractivity contribution in [2.45, 2.75) is 80.0 Å². The van der Waals surface area contributed by atoms with E-state index in [4.69, 9.17) is 13.7 Å². The molecule has 3 heterocycles. The number of allylic oxidation sites excluding steroid dienone is 1. The smallest absolute Gasteiger partial charge is 0.297 e. The third-order valence-corrected chi connectivity index (χ3v) is 8.59. The van der Waals surface area contributed by atoms with Crippen molar-refractivity contribution in [3.8, 4) is 0 Å². The maximum Gasteiger partial charge on any atom is 0.297 e. The first-order chi connectivity index (χ1) is 18.0. The van der Waals surface area contributed by atoms with Gasteiger partial charge < -0.3 is 40.5 Å². The summed E-state index contributed by atoms with van der Waals surface area (Å²) >= 11 is 0. The first-order valence-electron chi connectivity index (χ1n) is 12.6. The molecular weight excluding hydrogens is 520 g/mol. The van der Waals surface area contributed by atoms with Gasteiger partial charge in [-0.2, -0.15) is 8.42 Å². The number of nitrogens with one attached hydrogen (secondary N) is 2. The van der Waals surface area contributed by atoms with Crippen molar-refractivity contribution >= 4 is 16.0 Å². The van der Waals surface area contributed by atoms with Gasteiger partial charge in [0.05, 0.1) is 36.4 Å². The maximum atomic E-state index is 13.2. The number of aliphatic hydroxyl groups is 4. The first-order valence-corrected chi connectivity index (χ1v) is 14.0. The normalized spacial score (nSPS) is 35.2. The molecule has 1 amide bonds. The number of rotatable bonds is 8. The van der Waals surface area contributed by atoms with Crippen LogP contribution in [0.5, 0.6) is 0 Å². The molecule has 2 unspecified atom stereocenters. The van der Waals surface area contributed by atoms with Crippen LogP contribution in [0.3, 0.4) is 0 Å². The largest absolute Gasteiger partial charge is 0.391 e. The molecule has 4 rings (SSSR count). The van der Waals surface area contributed by atoms with E-state index in [1.165, 1.54) is 19.1 Å². The minimum atomic E-state index is -4.21. The fourth-order valence-corrected chi connectivity index (χ4v) is 5.97. The number of ether oxygens (including phenoxy) is 2. The van der Waals surface area contributed by atoms with E-state index in [1.807, 2.05) is 12.2 Å². The number of hydrogen-bond donors (Lipinski definition) is 6. The molecule has 0 aliphatic carbocycles. The van der Waals surface area contributed by atoms with Crippen molar-refractivity contribution in [3.63, 3.8) is 0 Å². The zero-order valence-electron chi connectivity index (χ0n) is 21.2. The lowest BCUT2D eigenvalue weighted by Gasteiger charge is -2.44. The van der Waals surface area contributed by atoms with Gasteiger partial charge in [-0.15, -0.1) is 0 Å². The standard InChI is InChI=1S/C25H36N2O10S/c1-13-6-8-16(9-7-13)38(33,34)36-12-17-20(29)21(30)22(31)24(37-17)18(14(2)28)27-25(32)19-23-15(11-26-19)5-3-4-10-35-23/h3-4,6-9,14-15,17-24,26,28-31H,5,10-12H2,1-2H3,(H,27,32)/t14-,15+,17?,18-,19+,20+,21+,22?,23-,24-/m1/s1. The Hall–Kier alpha value is -1.94. The number of hydrogen-bond acceptors (Lipinski definition) is 11. The van der Waals surface area contributed by atoms with E-state index in [9.17, 15) is 33.6 Å². The van der Waals surface area contributed by atoms with Gasteiger partial charge in [0.2, 0.25) is 5.91 Å². The summed E-state index contributed by atoms with van der Waals surface area (Å²) in [4.78, 5) is 13.1. The fourth-order valence-electron chi connectivity index (χ4n) is 5.06. The second-order valence-corrected chi connectivity index (χ2v) is 11.7. The van der Waals surface area contributed by atoms with E-state index in [1.54, 1.807) is 19.1 Å². The first kappa shape index (κ1) is 29.1. The Kier molecular flexibility index (Phi) is 9.22. The molecule has 6 N–H and O–H groups in total. The minimum absolute atomic E-state index is 0.0972. The molecule has 2 fully saturated rings. The van der Waals surface area contributed by atoms with Gasteiger partial charge in [0.1, 0.15) is 36.6 Å². The van der Waals surface area contributed by atoms with Gasteiger partial charge in [0.15, 0.2) is 0 Å². The summed E-state index contributed by atoms with van der Waals surface area (Å²) < 4.78 is 41.9. The summed E-state index contributed by atoms with van der Waals surface area (Å²) in [7, 11) is -4.21. The van der Waals surface area contributed by atoms with E-state index in [0.29, 0.717) is 13.2 Å². The van der Waals surface area contributed by atoms with E-state index in [-0.39, 0.29) is 10.8 Å². The predicted octanol–water partition coefficient (Wildman–Crippen LogP) is -1.65. The van der Waals surface area contributed by atoms with Gasteiger partial charge in [-0.05, 0) is 32.4 Å². The lowest BCUT2D eigenvalue weighted by molar-refractivity contribution is -0.238. The number of benzene rings is 1. The Bertz CT molecular complexity index is 1100. The molecule has 212 valence electrons. The molecule has 1 aromatic carbocycles. The van der Waals surface area contributed by atoms with Crippen LogP contribution in [0.2, 0.25) is 0 Å². The van der Waals surface area contributed by atoms with Crippen molar-refractivity contribution < 1.29 is 47.3 Å². The maximum absolute atomic E-state index is 13.2. The summed E-state index contributed by atoms with van der Waals surface area (Å²) in [6.45, 7) is 3.44. The molecule has 0 aromatic heterocycles. The fraction of sp³-hybridized carbons (Fsp3) is 0.640. The number of aryl methyl sites for hydroxylation is 1. The molecule has 3 aliphatic heterocycles. The Morgan fingerprint density at radius 2 is 1.87 bits per heavy atom. The van der Waals surface area contributed by atoms with Crippen LogP contribution in [0.1, 0.15) is 18.9 Å². The molecule has 2 saturated heterocycles. The Morgan fingerprint density at radius 1 is 1.16 bits per heavy atom. The second-order valence-electron chi connectivity index (χ2n) is 10.1. The molecular formula is C25H36N2O10S. The summed E-state index contributed by atoms with van der Waals surface area (Å²) in [6, 6.07) is 4.04. The summed E-state index contributed by atoms with van der Waals surface area (Å²) in [5.41, 5.74) is 0.853. The van der Waals surface area contributed by atoms with Crippen LogP contribution >= 0.6 is 0 Å². The molecule has 0 radical (unpaired) electrons. The van der Waals surface area contributed by atoms with Crippen LogP contribution in [-0.4, -0.2) is 109 Å². The third-order valence-electron chi connectivity index (χ3n) is 7.29. The Labute approximate surface area is 221 Å². The molecule has 3 aliphatic rings. The lowest BCUT2D eigenvalue weighted by Crippen LogP contribution is -2.67. The zero-order valence-corrected chi connectivity index (χ0v) is 22.0. The van der Waals surface area contributed by atoms with Gasteiger partial charge >= 0.3 is 0 Å². The molecule has 0 bridgehead atoms. The van der Waals surface area contributed by atoms with Gasteiger partial charge in [-0.3, -0.25) is 8.98 Å². The van der Waals surface area contributed by atoms with Crippen LogP contribution in [0, 0.1) is 12.8 Å². The van der Waals surface area contributed by atoms with Crippen LogP contribution in [0.25, 0.3) is 0 Å². The molecule has 38 heavy (non-hydrogen) atoms. The zero-order chi connectivity index (χ0) is 27.6. The topological polar surface area (TPSA) is 184 Å². The predicted molar refractivity (Wildman–Crippen MR) is 133 cm³/mol. The van der Waals surface area contributed by atoms with Crippen molar-refractivity contribution in [1.82, 2.24) is 10.6 Å². The van der Waals surface area contributed by atoms with E-state index < -0.39 is 77.4 Å². The SMILES string of the molecule is Cc1ccc(S(=O)(=O)OCC2O[C@H]([C@H](NC(=O)[C@H]3NC[C@@H]4CC=CCO[C@H]43)[C@@H](C)O)C(O)[C@@H](O)[C@H]2O)cc1. The van der Waals surface area contributed by atoms with Gasteiger partial charge in [-0.25, -0.2) is 0 Å². The highest BCUT2D eigenvalue weighted by molar-refractivity contribution is 7.86. The third kappa shape index (κ3) is 6.27. The summed E-state index contributed by atoms with van der Waals surface area (Å²) in [5.74, 6) is -0.392. The van der Waals surface area contributed by atoms with Gasteiger partial charge in [0, 0.05) is 12.5 Å². The molecule has 0 saturated carbocycles. The number of fused-ring (bicyclic) bond motifs is 1. The molecule has 12 nitrogen and oxygen atoms in total. The number of amides is 1. The van der Waals surface area contributed by atoms with Crippen molar-refractivity contribution in [2.24, 2.45) is 5.92 Å². The van der Waals surface area contributed by atoms with Gasteiger partial charge in [0.25, 0.3) is 10.1 Å². The van der Waals surface area contributed by atoms with Crippen molar-refractivity contribution in [2.75, 3.05) is 19.8 Å². The van der Waals surface area contributed by atoms with E-state index in [2.05, 4.69) is 10.6 Å². The molecule has 13 heteroatoms. The summed E-state index contributed by atoms with van der Waals surface area (Å²) in [6.07, 6.45) is -4.90. The number of carbonyl (C=O) groups is 1. The van der Waals surface area contributed by atoms with Crippen molar-refractivity contribution in [1.29, 1.82) is 0 Å². The van der Waals surface area contributed by atoms with Crippen LogP contribution < -0.4 is 10.6 Å². The minimum Gasteiger partial charge on any atom is -0.391 e. The molecule has 1 aromatic rings. The second kappa shape index (κ2) is 12.1. The van der Waals surface area contributed by atoms with E-state index in [0.717, 1.165) is 12.0 Å². The monoisotopic (exact) mass is 556 g/mol. The van der Waals surface area contributed by atoms with E-state index >= 15 is 0 Å². The van der Waals surface area contributed by atoms with Crippen LogP contribution in [0.15, 0.2) is 41.3 Å². The Morgan fingerprint density at radius 3 is 2.55 bits per heavy atom. The molecule has 10 atom stereocenters.